The quantitative estimate of drug-likeness (QED) is 0.862. The maximum Gasteiger partial charge on any atom is 0.228 e. The third-order valence-electron chi connectivity index (χ3n) is 4.63. The zero-order valence-corrected chi connectivity index (χ0v) is 12.8. The summed E-state index contributed by atoms with van der Waals surface area (Å²) in [7, 11) is 0. The van der Waals surface area contributed by atoms with Gasteiger partial charge < -0.3 is 20.1 Å². The first-order chi connectivity index (χ1) is 10.7. The maximum atomic E-state index is 12.4. The summed E-state index contributed by atoms with van der Waals surface area (Å²) >= 11 is 0. The SMILES string of the molecule is O=C(Nc1ccccc1)C1CCCN(CC2(CO)COC2)C1. The van der Waals surface area contributed by atoms with Crippen LogP contribution >= 0.6 is 0 Å². The van der Waals surface area contributed by atoms with E-state index in [9.17, 15) is 9.90 Å². The molecule has 2 aliphatic rings. The van der Waals surface area contributed by atoms with Gasteiger partial charge in [0.25, 0.3) is 0 Å². The number of piperidine rings is 1. The molecule has 0 radical (unpaired) electrons. The van der Waals surface area contributed by atoms with Crippen molar-refractivity contribution in [2.45, 2.75) is 12.8 Å². The van der Waals surface area contributed by atoms with Gasteiger partial charge in [-0.25, -0.2) is 0 Å². The first-order valence-electron chi connectivity index (χ1n) is 7.98. The van der Waals surface area contributed by atoms with E-state index in [0.717, 1.165) is 38.2 Å². The Morgan fingerprint density at radius 1 is 1.36 bits per heavy atom. The minimum absolute atomic E-state index is 0.0192. The van der Waals surface area contributed by atoms with Crippen LogP contribution < -0.4 is 5.32 Å². The van der Waals surface area contributed by atoms with Crippen LogP contribution in [0.4, 0.5) is 5.69 Å². The molecule has 22 heavy (non-hydrogen) atoms. The summed E-state index contributed by atoms with van der Waals surface area (Å²) < 4.78 is 5.26. The van der Waals surface area contributed by atoms with Crippen molar-refractivity contribution in [3.8, 4) is 0 Å². The van der Waals surface area contributed by atoms with Gasteiger partial charge in [-0.3, -0.25) is 4.79 Å². The van der Waals surface area contributed by atoms with Gasteiger partial charge in [-0.15, -0.1) is 0 Å². The van der Waals surface area contributed by atoms with E-state index in [-0.39, 0.29) is 23.8 Å². The van der Waals surface area contributed by atoms with E-state index in [1.807, 2.05) is 30.3 Å². The molecule has 2 aliphatic heterocycles. The second kappa shape index (κ2) is 6.77. The van der Waals surface area contributed by atoms with Crippen LogP contribution in [0.25, 0.3) is 0 Å². The summed E-state index contributed by atoms with van der Waals surface area (Å²) in [5.41, 5.74) is 0.737. The minimum atomic E-state index is -0.113. The van der Waals surface area contributed by atoms with Gasteiger partial charge in [-0.2, -0.15) is 0 Å². The average Bonchev–Trinajstić information content (AvgIpc) is 2.52. The van der Waals surface area contributed by atoms with Crippen LogP contribution in [0.2, 0.25) is 0 Å². The molecule has 2 fully saturated rings. The Morgan fingerprint density at radius 3 is 2.77 bits per heavy atom. The molecule has 0 saturated carbocycles. The van der Waals surface area contributed by atoms with Crippen molar-refractivity contribution in [3.63, 3.8) is 0 Å². The number of aliphatic hydroxyl groups excluding tert-OH is 1. The topological polar surface area (TPSA) is 61.8 Å². The molecule has 2 saturated heterocycles. The van der Waals surface area contributed by atoms with Crippen molar-refractivity contribution >= 4 is 11.6 Å². The van der Waals surface area contributed by atoms with Crippen molar-refractivity contribution in [3.05, 3.63) is 30.3 Å². The summed E-state index contributed by atoms with van der Waals surface area (Å²) in [6.45, 7) is 3.99. The molecule has 3 rings (SSSR count). The first kappa shape index (κ1) is 15.5. The molecule has 1 atom stereocenters. The molecule has 120 valence electrons. The van der Waals surface area contributed by atoms with Crippen LogP contribution in [0, 0.1) is 11.3 Å². The maximum absolute atomic E-state index is 12.4. The smallest absolute Gasteiger partial charge is 0.228 e. The zero-order chi connectivity index (χ0) is 15.4. The number of likely N-dealkylation sites (tertiary alicyclic amines) is 1. The summed E-state index contributed by atoms with van der Waals surface area (Å²) in [6, 6.07) is 9.59. The van der Waals surface area contributed by atoms with Gasteiger partial charge in [0.2, 0.25) is 5.91 Å². The molecule has 2 heterocycles. The lowest BCUT2D eigenvalue weighted by Crippen LogP contribution is -2.55. The van der Waals surface area contributed by atoms with E-state index in [1.165, 1.54) is 0 Å². The lowest BCUT2D eigenvalue weighted by Gasteiger charge is -2.45. The van der Waals surface area contributed by atoms with Gasteiger partial charge in [0.05, 0.1) is 31.2 Å². The molecule has 0 aliphatic carbocycles. The van der Waals surface area contributed by atoms with E-state index >= 15 is 0 Å². The average molecular weight is 304 g/mol. The number of amides is 1. The van der Waals surface area contributed by atoms with Gasteiger partial charge in [-0.1, -0.05) is 18.2 Å². The van der Waals surface area contributed by atoms with Crippen LogP contribution in [-0.4, -0.2) is 55.4 Å². The van der Waals surface area contributed by atoms with E-state index in [0.29, 0.717) is 13.2 Å². The summed E-state index contributed by atoms with van der Waals surface area (Å²) in [6.07, 6.45) is 1.95. The van der Waals surface area contributed by atoms with Crippen LogP contribution in [0.1, 0.15) is 12.8 Å². The molecule has 0 bridgehead atoms. The van der Waals surface area contributed by atoms with Gasteiger partial charge in [0.15, 0.2) is 0 Å². The standard InChI is InChI=1S/C17H24N2O3/c20-11-17(12-22-13-17)10-19-8-4-5-14(9-19)16(21)18-15-6-2-1-3-7-15/h1-3,6-7,14,20H,4-5,8-13H2,(H,18,21). The van der Waals surface area contributed by atoms with E-state index in [1.54, 1.807) is 0 Å². The van der Waals surface area contributed by atoms with Crippen LogP contribution in [0.5, 0.6) is 0 Å². The van der Waals surface area contributed by atoms with Crippen LogP contribution in [0.3, 0.4) is 0 Å². The van der Waals surface area contributed by atoms with E-state index < -0.39 is 0 Å². The molecule has 1 amide bonds. The summed E-state index contributed by atoms with van der Waals surface area (Å²) in [5.74, 6) is 0.115. The Hall–Kier alpha value is -1.43. The number of benzene rings is 1. The summed E-state index contributed by atoms with van der Waals surface area (Å²) in [5, 5.41) is 12.5. The Bertz CT molecular complexity index is 496. The molecule has 5 nitrogen and oxygen atoms in total. The van der Waals surface area contributed by atoms with E-state index in [2.05, 4.69) is 10.2 Å². The van der Waals surface area contributed by atoms with Crippen molar-refractivity contribution in [1.82, 2.24) is 4.90 Å². The van der Waals surface area contributed by atoms with Crippen LogP contribution in [0.15, 0.2) is 30.3 Å². The second-order valence-electron chi connectivity index (χ2n) is 6.58. The minimum Gasteiger partial charge on any atom is -0.396 e. The number of nitrogens with one attached hydrogen (secondary N) is 1. The monoisotopic (exact) mass is 304 g/mol. The Kier molecular flexibility index (Phi) is 4.76. The lowest BCUT2D eigenvalue weighted by atomic mass is 9.85. The molecule has 1 aromatic rings. The fourth-order valence-corrected chi connectivity index (χ4v) is 3.28. The van der Waals surface area contributed by atoms with Crippen LogP contribution in [-0.2, 0) is 9.53 Å². The number of ether oxygens (including phenoxy) is 1. The predicted molar refractivity (Wildman–Crippen MR) is 84.6 cm³/mol. The van der Waals surface area contributed by atoms with Gasteiger partial charge in [0, 0.05) is 18.8 Å². The highest BCUT2D eigenvalue weighted by atomic mass is 16.5. The highest BCUT2D eigenvalue weighted by Gasteiger charge is 2.40. The molecule has 0 spiro atoms. The number of rotatable bonds is 5. The molecule has 2 N–H and O–H groups in total. The number of carbonyl (C=O) groups is 1. The number of hydrogen-bond acceptors (Lipinski definition) is 4. The first-order valence-corrected chi connectivity index (χ1v) is 7.98. The largest absolute Gasteiger partial charge is 0.396 e. The van der Waals surface area contributed by atoms with Gasteiger partial charge >= 0.3 is 0 Å². The number of nitrogens with zero attached hydrogens (tertiary/aromatic N) is 1. The van der Waals surface area contributed by atoms with Crippen molar-refractivity contribution in [2.75, 3.05) is 44.8 Å². The number of aliphatic hydroxyl groups is 1. The van der Waals surface area contributed by atoms with Crippen molar-refractivity contribution in [2.24, 2.45) is 11.3 Å². The zero-order valence-electron chi connectivity index (χ0n) is 12.8. The third kappa shape index (κ3) is 3.48. The Morgan fingerprint density at radius 2 is 2.14 bits per heavy atom. The van der Waals surface area contributed by atoms with Gasteiger partial charge in [-0.05, 0) is 31.5 Å². The third-order valence-corrected chi connectivity index (χ3v) is 4.63. The number of hydrogen-bond donors (Lipinski definition) is 2. The molecular weight excluding hydrogens is 280 g/mol. The van der Waals surface area contributed by atoms with E-state index in [4.69, 9.17) is 4.74 Å². The fourth-order valence-electron chi connectivity index (χ4n) is 3.28. The fraction of sp³-hybridized carbons (Fsp3) is 0.588. The number of carbonyl (C=O) groups excluding carboxylic acids is 1. The van der Waals surface area contributed by atoms with Gasteiger partial charge in [0.1, 0.15) is 0 Å². The molecule has 5 heteroatoms. The summed E-state index contributed by atoms with van der Waals surface area (Å²) in [4.78, 5) is 14.7. The van der Waals surface area contributed by atoms with Crippen molar-refractivity contribution in [1.29, 1.82) is 0 Å². The Labute approximate surface area is 131 Å². The second-order valence-corrected chi connectivity index (χ2v) is 6.58. The number of para-hydroxylation sites is 1. The lowest BCUT2D eigenvalue weighted by molar-refractivity contribution is -0.151. The molecular formula is C17H24N2O3. The predicted octanol–water partition coefficient (Wildman–Crippen LogP) is 1.35. The molecule has 0 aromatic heterocycles. The highest BCUT2D eigenvalue weighted by molar-refractivity contribution is 5.92. The molecule has 1 unspecified atom stereocenters. The number of anilines is 1. The van der Waals surface area contributed by atoms with Crippen molar-refractivity contribution < 1.29 is 14.6 Å². The Balaban J connectivity index is 1.55. The highest BCUT2D eigenvalue weighted by Crippen LogP contribution is 2.30. The normalized spacial score (nSPS) is 24.5. The molecule has 1 aromatic carbocycles.